The van der Waals surface area contributed by atoms with Gasteiger partial charge in [-0.15, -0.1) is 22.7 Å². The lowest BCUT2D eigenvalue weighted by molar-refractivity contribution is -0.117. The number of nitrogens with zero attached hydrogens (tertiary/aromatic N) is 6. The Hall–Kier alpha value is -5.44. The Kier molecular flexibility index (Phi) is 16.4. The Labute approximate surface area is 420 Å². The van der Waals surface area contributed by atoms with E-state index in [0.29, 0.717) is 47.7 Å². The lowest BCUT2D eigenvalue weighted by Gasteiger charge is -2.43. The van der Waals surface area contributed by atoms with E-state index in [2.05, 4.69) is 9.80 Å². The maximum absolute atomic E-state index is 13.3. The van der Waals surface area contributed by atoms with Crippen LogP contribution in [0.1, 0.15) is 52.7 Å². The normalized spacial score (nSPS) is 17.4. The summed E-state index contributed by atoms with van der Waals surface area (Å²) in [5.74, 6) is -0.210. The van der Waals surface area contributed by atoms with Gasteiger partial charge in [0.1, 0.15) is 8.42 Å². The van der Waals surface area contributed by atoms with Gasteiger partial charge in [-0.1, -0.05) is 72.8 Å². The molecular weight excluding hydrogens is 965 g/mol. The number of amides is 2. The fourth-order valence-corrected chi connectivity index (χ4v) is 14.0. The van der Waals surface area contributed by atoms with Crippen LogP contribution in [-0.2, 0) is 40.8 Å². The minimum atomic E-state index is -3.62. The summed E-state index contributed by atoms with van der Waals surface area (Å²) >= 11 is 2.42. The third-order valence-corrected chi connectivity index (χ3v) is 19.0. The number of sulfonamides is 2. The molecule has 18 heteroatoms. The number of hydrogen-bond donors (Lipinski definition) is 2. The molecule has 2 N–H and O–H groups in total. The number of benzene rings is 4. The molecule has 0 spiro atoms. The quantitative estimate of drug-likeness (QED) is 0.110. The van der Waals surface area contributed by atoms with Gasteiger partial charge in [-0.2, -0.15) is 8.61 Å². The van der Waals surface area contributed by atoms with Crippen molar-refractivity contribution in [2.75, 3.05) is 72.0 Å². The first-order valence-electron chi connectivity index (χ1n) is 23.1. The van der Waals surface area contributed by atoms with Gasteiger partial charge in [-0.25, -0.2) is 16.8 Å². The molecule has 2 aliphatic heterocycles. The van der Waals surface area contributed by atoms with E-state index in [9.17, 15) is 36.6 Å². The Bertz CT molecular complexity index is 2680. The van der Waals surface area contributed by atoms with Crippen molar-refractivity contribution >= 4 is 77.3 Å². The highest BCUT2D eigenvalue weighted by Crippen LogP contribution is 2.32. The molecule has 0 bridgehead atoms. The van der Waals surface area contributed by atoms with Crippen LogP contribution in [0, 0.1) is 0 Å². The summed E-state index contributed by atoms with van der Waals surface area (Å²) in [5.41, 5.74) is 3.08. The molecule has 2 atom stereocenters. The first-order valence-corrected chi connectivity index (χ1v) is 27.7. The third kappa shape index (κ3) is 12.3. The topological polar surface area (TPSA) is 162 Å². The maximum Gasteiger partial charge on any atom is 0.252 e. The molecule has 0 unspecified atom stereocenters. The lowest BCUT2D eigenvalue weighted by atomic mass is 9.98. The molecule has 0 aliphatic carbocycles. The molecule has 4 aromatic carbocycles. The van der Waals surface area contributed by atoms with Gasteiger partial charge in [-0.3, -0.25) is 9.59 Å². The van der Waals surface area contributed by atoms with Gasteiger partial charge >= 0.3 is 0 Å². The fourth-order valence-electron chi connectivity index (χ4n) is 8.75. The first-order chi connectivity index (χ1) is 33.1. The van der Waals surface area contributed by atoms with Crippen molar-refractivity contribution in [2.45, 2.75) is 73.2 Å². The van der Waals surface area contributed by atoms with E-state index in [0.717, 1.165) is 33.9 Å². The third-order valence-electron chi connectivity index (χ3n) is 12.6. The number of carbonyl (C=O) groups excluding carboxylic acids is 2. The highest BCUT2D eigenvalue weighted by Gasteiger charge is 2.38. The first kappa shape index (κ1) is 52.4. The van der Waals surface area contributed by atoms with E-state index in [-0.39, 0.29) is 37.0 Å². The maximum atomic E-state index is 13.3. The van der Waals surface area contributed by atoms with Crippen molar-refractivity contribution in [3.8, 4) is 0 Å². The zero-order valence-electron chi connectivity index (χ0n) is 40.3. The second kappa shape index (κ2) is 21.9. The van der Waals surface area contributed by atoms with E-state index in [1.807, 2.05) is 109 Å². The number of piperazine rings is 2. The number of rotatable bonds is 14. The van der Waals surface area contributed by atoms with Crippen LogP contribution in [0.15, 0.2) is 153 Å². The van der Waals surface area contributed by atoms with E-state index in [1.54, 1.807) is 72.5 Å². The molecule has 2 aliphatic rings. The summed E-state index contributed by atoms with van der Waals surface area (Å²) in [4.78, 5) is 33.0. The molecule has 4 heterocycles. The SMILES string of the molecule is CC(=O)N(C[C@H]1CN(S(=O)(=O)c2cccs2)CCN1c1ccc(C(C)(C)O)cc1)c1ccccc1.CC(=O)N(C[C@H]1CN(S(=O)(=O)c2cccs2)CCN1c1ccc(C(C)(C)O)cc1)c1ccccc1. The molecule has 0 radical (unpaired) electrons. The van der Waals surface area contributed by atoms with Crippen molar-refractivity contribution in [3.63, 3.8) is 0 Å². The average Bonchev–Trinajstić information content (AvgIpc) is 4.10. The van der Waals surface area contributed by atoms with Gasteiger partial charge in [0.15, 0.2) is 0 Å². The number of anilines is 4. The van der Waals surface area contributed by atoms with Crippen LogP contribution in [0.4, 0.5) is 22.7 Å². The number of aliphatic hydroxyl groups is 2. The summed E-state index contributed by atoms with van der Waals surface area (Å²) in [6, 6.07) is 40.4. The number of carbonyl (C=O) groups is 2. The highest BCUT2D eigenvalue weighted by atomic mass is 32.3. The predicted octanol–water partition coefficient (Wildman–Crippen LogP) is 7.82. The molecule has 0 saturated carbocycles. The van der Waals surface area contributed by atoms with Crippen LogP contribution < -0.4 is 19.6 Å². The fraction of sp³-hybridized carbons (Fsp3) is 0.346. The minimum Gasteiger partial charge on any atom is -0.386 e. The van der Waals surface area contributed by atoms with Crippen LogP contribution in [0.3, 0.4) is 0 Å². The molecule has 2 aromatic heterocycles. The van der Waals surface area contributed by atoms with E-state index in [1.165, 1.54) is 45.1 Å². The van der Waals surface area contributed by atoms with Crippen LogP contribution >= 0.6 is 22.7 Å². The van der Waals surface area contributed by atoms with Crippen molar-refractivity contribution < 1.29 is 36.6 Å². The molecular formula is C52H62N6O8S4. The van der Waals surface area contributed by atoms with E-state index < -0.39 is 31.2 Å². The second-order valence-electron chi connectivity index (χ2n) is 18.4. The lowest BCUT2D eigenvalue weighted by Crippen LogP contribution is -2.58. The van der Waals surface area contributed by atoms with Gasteiger partial charge in [0.2, 0.25) is 11.8 Å². The minimum absolute atomic E-state index is 0.105. The van der Waals surface area contributed by atoms with Crippen LogP contribution in [-0.4, -0.2) is 112 Å². The standard InChI is InChI=1S/2C26H31N3O4S2/c2*1-20(30)29(22-8-5-4-6-9-22)19-24-18-27(35(32,33)25-10-7-17-34-25)15-16-28(24)23-13-11-21(12-14-23)26(2,3)31/h2*4-14,17,24,31H,15-16,18-19H2,1-3H3/t2*24-/m11/s1. The number of thiophene rings is 2. The van der Waals surface area contributed by atoms with Crippen LogP contribution in [0.2, 0.25) is 0 Å². The van der Waals surface area contributed by atoms with Gasteiger partial charge in [0, 0.05) is 89.0 Å². The van der Waals surface area contributed by atoms with Crippen LogP contribution in [0.5, 0.6) is 0 Å². The molecule has 2 saturated heterocycles. The average molecular weight is 1030 g/mol. The predicted molar refractivity (Wildman–Crippen MR) is 281 cm³/mol. The van der Waals surface area contributed by atoms with Crippen LogP contribution in [0.25, 0.3) is 0 Å². The van der Waals surface area contributed by atoms with Crippen molar-refractivity contribution in [1.82, 2.24) is 8.61 Å². The Morgan fingerprint density at radius 3 is 1.16 bits per heavy atom. The Morgan fingerprint density at radius 1 is 0.529 bits per heavy atom. The highest BCUT2D eigenvalue weighted by molar-refractivity contribution is 7.91. The van der Waals surface area contributed by atoms with E-state index >= 15 is 0 Å². The largest absolute Gasteiger partial charge is 0.386 e. The van der Waals surface area contributed by atoms with Gasteiger partial charge in [0.25, 0.3) is 20.0 Å². The van der Waals surface area contributed by atoms with Gasteiger partial charge in [-0.05, 0) is 110 Å². The van der Waals surface area contributed by atoms with Gasteiger partial charge < -0.3 is 29.8 Å². The summed E-state index contributed by atoms with van der Waals surface area (Å²) < 4.78 is 56.9. The number of para-hydroxylation sites is 2. The summed E-state index contributed by atoms with van der Waals surface area (Å²) in [6.07, 6.45) is 0. The Balaban J connectivity index is 0.000000206. The molecule has 8 rings (SSSR count). The van der Waals surface area contributed by atoms with Crippen molar-refractivity contribution in [2.24, 2.45) is 0 Å². The zero-order valence-corrected chi connectivity index (χ0v) is 43.6. The monoisotopic (exact) mass is 1030 g/mol. The second-order valence-corrected chi connectivity index (χ2v) is 24.7. The molecule has 372 valence electrons. The van der Waals surface area contributed by atoms with Crippen molar-refractivity contribution in [3.05, 3.63) is 155 Å². The summed E-state index contributed by atoms with van der Waals surface area (Å²) in [5, 5.41) is 24.2. The molecule has 2 amide bonds. The molecule has 6 aromatic rings. The Morgan fingerprint density at radius 2 is 0.871 bits per heavy atom. The zero-order chi connectivity index (χ0) is 50.4. The summed E-state index contributed by atoms with van der Waals surface area (Å²) in [6.45, 7) is 12.8. The summed E-state index contributed by atoms with van der Waals surface area (Å²) in [7, 11) is -7.23. The number of hydrogen-bond acceptors (Lipinski definition) is 12. The van der Waals surface area contributed by atoms with E-state index in [4.69, 9.17) is 0 Å². The van der Waals surface area contributed by atoms with Gasteiger partial charge in [0.05, 0.1) is 23.3 Å². The van der Waals surface area contributed by atoms with Crippen molar-refractivity contribution in [1.29, 1.82) is 0 Å². The molecule has 2 fully saturated rings. The molecule has 14 nitrogen and oxygen atoms in total. The molecule has 70 heavy (non-hydrogen) atoms. The smallest absolute Gasteiger partial charge is 0.252 e.